The Morgan fingerprint density at radius 1 is 1.12 bits per heavy atom. The fraction of sp³-hybridized carbons (Fsp3) is 0.368. The summed E-state index contributed by atoms with van der Waals surface area (Å²) in [6.07, 6.45) is 9.54. The lowest BCUT2D eigenvalue weighted by Gasteiger charge is -2.24. The summed E-state index contributed by atoms with van der Waals surface area (Å²) in [5, 5.41) is 12.6. The van der Waals surface area contributed by atoms with Crippen molar-refractivity contribution in [2.24, 2.45) is 7.05 Å². The number of benzene rings is 1. The molecule has 4 rings (SSSR count). The van der Waals surface area contributed by atoms with E-state index in [-0.39, 0.29) is 0 Å². The van der Waals surface area contributed by atoms with Crippen LogP contribution in [-0.4, -0.2) is 19.6 Å². The lowest BCUT2D eigenvalue weighted by atomic mass is 9.93. The molecule has 5 heteroatoms. The van der Waals surface area contributed by atoms with Crippen LogP contribution in [0, 0.1) is 0 Å². The van der Waals surface area contributed by atoms with Crippen LogP contribution in [0.1, 0.15) is 41.3 Å². The van der Waals surface area contributed by atoms with E-state index in [1.807, 2.05) is 17.9 Å². The topological polar surface area (TPSA) is 47.7 Å². The number of nitrogens with zero attached hydrogens (tertiary/aromatic N) is 4. The first-order valence-corrected chi connectivity index (χ1v) is 8.59. The molecule has 0 aliphatic heterocycles. The molecule has 1 aromatic carbocycles. The Bertz CT molecular complexity index is 802. The van der Waals surface area contributed by atoms with Crippen molar-refractivity contribution in [1.29, 1.82) is 0 Å². The van der Waals surface area contributed by atoms with Crippen LogP contribution in [0.15, 0.2) is 48.9 Å². The first kappa shape index (κ1) is 15.1. The van der Waals surface area contributed by atoms with Crippen LogP contribution in [0.25, 0.3) is 0 Å². The molecule has 1 unspecified atom stereocenters. The summed E-state index contributed by atoms with van der Waals surface area (Å²) in [5.41, 5.74) is 5.27. The van der Waals surface area contributed by atoms with Crippen LogP contribution in [-0.2, 0) is 26.6 Å². The second kappa shape index (κ2) is 6.61. The SMILES string of the molecule is Cn1cc(CNC2CCCc3c2cnn3Cc2ccccc2)cn1. The fourth-order valence-corrected chi connectivity index (χ4v) is 3.53. The second-order valence-corrected chi connectivity index (χ2v) is 6.54. The average molecular weight is 321 g/mol. The molecule has 5 nitrogen and oxygen atoms in total. The highest BCUT2D eigenvalue weighted by Gasteiger charge is 2.24. The zero-order chi connectivity index (χ0) is 16.4. The molecule has 1 N–H and O–H groups in total. The second-order valence-electron chi connectivity index (χ2n) is 6.54. The minimum absolute atomic E-state index is 0.387. The first-order chi connectivity index (χ1) is 11.8. The third-order valence-electron chi connectivity index (χ3n) is 4.75. The summed E-state index contributed by atoms with van der Waals surface area (Å²) >= 11 is 0. The van der Waals surface area contributed by atoms with Gasteiger partial charge in [0.2, 0.25) is 0 Å². The highest BCUT2D eigenvalue weighted by Crippen LogP contribution is 2.30. The predicted octanol–water partition coefficient (Wildman–Crippen LogP) is 2.83. The largest absolute Gasteiger partial charge is 0.306 e. The Morgan fingerprint density at radius 2 is 2.00 bits per heavy atom. The molecule has 0 spiro atoms. The molecule has 1 aliphatic carbocycles. The molecule has 124 valence electrons. The van der Waals surface area contributed by atoms with Gasteiger partial charge in [0.15, 0.2) is 0 Å². The van der Waals surface area contributed by atoms with E-state index >= 15 is 0 Å². The Hall–Kier alpha value is -2.40. The van der Waals surface area contributed by atoms with E-state index in [0.29, 0.717) is 6.04 Å². The molecule has 2 aromatic heterocycles. The van der Waals surface area contributed by atoms with Crippen LogP contribution in [0.5, 0.6) is 0 Å². The maximum atomic E-state index is 4.66. The van der Waals surface area contributed by atoms with Gasteiger partial charge in [-0.25, -0.2) is 0 Å². The quantitative estimate of drug-likeness (QED) is 0.786. The van der Waals surface area contributed by atoms with E-state index in [2.05, 4.69) is 62.9 Å². The normalized spacial score (nSPS) is 17.0. The number of hydrogen-bond donors (Lipinski definition) is 1. The van der Waals surface area contributed by atoms with Gasteiger partial charge < -0.3 is 5.32 Å². The van der Waals surface area contributed by atoms with Gasteiger partial charge in [-0.05, 0) is 24.8 Å². The van der Waals surface area contributed by atoms with Gasteiger partial charge in [-0.15, -0.1) is 0 Å². The summed E-state index contributed by atoms with van der Waals surface area (Å²) < 4.78 is 4.02. The highest BCUT2D eigenvalue weighted by molar-refractivity contribution is 5.26. The predicted molar refractivity (Wildman–Crippen MR) is 93.5 cm³/mol. The molecule has 24 heavy (non-hydrogen) atoms. The summed E-state index contributed by atoms with van der Waals surface area (Å²) in [4.78, 5) is 0. The average Bonchev–Trinajstić information content (AvgIpc) is 3.21. The smallest absolute Gasteiger partial charge is 0.0662 e. The van der Waals surface area contributed by atoms with Crippen molar-refractivity contribution in [3.05, 3.63) is 71.3 Å². The molecule has 0 fully saturated rings. The third kappa shape index (κ3) is 3.12. The number of nitrogens with one attached hydrogen (secondary N) is 1. The standard InChI is InChI=1S/C19H23N5/c1-23-13-16(11-21-23)10-20-18-8-5-9-19-17(18)12-22-24(19)14-15-6-3-2-4-7-15/h2-4,6-7,11-13,18,20H,5,8-10,14H2,1H3. The molecule has 1 aliphatic rings. The molecule has 2 heterocycles. The number of rotatable bonds is 5. The van der Waals surface area contributed by atoms with Crippen LogP contribution in [0.2, 0.25) is 0 Å². The Kier molecular flexibility index (Phi) is 4.17. The van der Waals surface area contributed by atoms with Crippen LogP contribution >= 0.6 is 0 Å². The Balaban J connectivity index is 1.49. The van der Waals surface area contributed by atoms with Crippen LogP contribution in [0.4, 0.5) is 0 Å². The van der Waals surface area contributed by atoms with Gasteiger partial charge in [0, 0.05) is 42.7 Å². The van der Waals surface area contributed by atoms with E-state index in [1.165, 1.54) is 35.2 Å². The van der Waals surface area contributed by atoms with Gasteiger partial charge in [-0.2, -0.15) is 10.2 Å². The summed E-state index contributed by atoms with van der Waals surface area (Å²) in [6.45, 7) is 1.70. The van der Waals surface area contributed by atoms with Crippen molar-refractivity contribution in [3.63, 3.8) is 0 Å². The maximum Gasteiger partial charge on any atom is 0.0662 e. The molecule has 1 atom stereocenters. The van der Waals surface area contributed by atoms with E-state index in [9.17, 15) is 0 Å². The fourth-order valence-electron chi connectivity index (χ4n) is 3.53. The number of aryl methyl sites for hydroxylation is 1. The van der Waals surface area contributed by atoms with E-state index in [1.54, 1.807) is 0 Å². The minimum atomic E-state index is 0.387. The third-order valence-corrected chi connectivity index (χ3v) is 4.75. The van der Waals surface area contributed by atoms with E-state index in [4.69, 9.17) is 0 Å². The molecular weight excluding hydrogens is 298 g/mol. The molecule has 0 saturated heterocycles. The van der Waals surface area contributed by atoms with Crippen molar-refractivity contribution >= 4 is 0 Å². The van der Waals surface area contributed by atoms with Crippen molar-refractivity contribution in [3.8, 4) is 0 Å². The molecular formula is C19H23N5. The minimum Gasteiger partial charge on any atom is -0.306 e. The molecule has 0 radical (unpaired) electrons. The van der Waals surface area contributed by atoms with Crippen molar-refractivity contribution in [2.75, 3.05) is 0 Å². The van der Waals surface area contributed by atoms with Crippen LogP contribution in [0.3, 0.4) is 0 Å². The van der Waals surface area contributed by atoms with Gasteiger partial charge in [0.25, 0.3) is 0 Å². The number of fused-ring (bicyclic) bond motifs is 1. The van der Waals surface area contributed by atoms with Crippen molar-refractivity contribution < 1.29 is 0 Å². The Labute approximate surface area is 142 Å². The number of aromatic nitrogens is 4. The van der Waals surface area contributed by atoms with Gasteiger partial charge in [0.05, 0.1) is 18.9 Å². The maximum absolute atomic E-state index is 4.66. The van der Waals surface area contributed by atoms with Crippen LogP contribution < -0.4 is 5.32 Å². The zero-order valence-corrected chi connectivity index (χ0v) is 14.0. The molecule has 0 bridgehead atoms. The Morgan fingerprint density at radius 3 is 2.79 bits per heavy atom. The van der Waals surface area contributed by atoms with Crippen molar-refractivity contribution in [2.45, 2.75) is 38.4 Å². The first-order valence-electron chi connectivity index (χ1n) is 8.59. The monoisotopic (exact) mass is 321 g/mol. The molecule has 0 amide bonds. The molecule has 3 aromatic rings. The highest BCUT2D eigenvalue weighted by atomic mass is 15.3. The van der Waals surface area contributed by atoms with Gasteiger partial charge in [-0.3, -0.25) is 9.36 Å². The van der Waals surface area contributed by atoms with Gasteiger partial charge >= 0.3 is 0 Å². The van der Waals surface area contributed by atoms with E-state index < -0.39 is 0 Å². The molecule has 0 saturated carbocycles. The number of hydrogen-bond acceptors (Lipinski definition) is 3. The van der Waals surface area contributed by atoms with Crippen molar-refractivity contribution in [1.82, 2.24) is 24.9 Å². The lowest BCUT2D eigenvalue weighted by molar-refractivity contribution is 0.449. The zero-order valence-electron chi connectivity index (χ0n) is 14.0. The van der Waals surface area contributed by atoms with E-state index in [0.717, 1.165) is 19.5 Å². The summed E-state index contributed by atoms with van der Waals surface area (Å²) in [6, 6.07) is 10.9. The summed E-state index contributed by atoms with van der Waals surface area (Å²) in [5.74, 6) is 0. The lowest BCUT2D eigenvalue weighted by Crippen LogP contribution is -2.25. The summed E-state index contributed by atoms with van der Waals surface area (Å²) in [7, 11) is 1.95. The van der Waals surface area contributed by atoms with Gasteiger partial charge in [0.1, 0.15) is 0 Å². The van der Waals surface area contributed by atoms with Gasteiger partial charge in [-0.1, -0.05) is 30.3 Å².